The summed E-state index contributed by atoms with van der Waals surface area (Å²) >= 11 is 12.2. The zero-order valence-corrected chi connectivity index (χ0v) is 22.8. The quantitative estimate of drug-likeness (QED) is 0.148. The van der Waals surface area contributed by atoms with Gasteiger partial charge in [-0.2, -0.15) is 48.8 Å². The Hall–Kier alpha value is 0.460. The molecule has 0 aliphatic heterocycles. The lowest BCUT2D eigenvalue weighted by atomic mass is 10.00. The summed E-state index contributed by atoms with van der Waals surface area (Å²) in [6.07, 6.45) is 4.77. The molecule has 0 unspecified atom stereocenters. The van der Waals surface area contributed by atoms with Gasteiger partial charge in [-0.05, 0) is 48.3 Å². The molecule has 186 valence electrons. The van der Waals surface area contributed by atoms with E-state index in [1.807, 2.05) is 23.5 Å². The third kappa shape index (κ3) is 18.8. The Morgan fingerprint density at radius 2 is 0.938 bits per heavy atom. The van der Waals surface area contributed by atoms with Crippen molar-refractivity contribution in [2.45, 2.75) is 25.7 Å². The highest BCUT2D eigenvalue weighted by Gasteiger charge is 2.03. The molecule has 0 radical (unpaired) electrons. The van der Waals surface area contributed by atoms with Crippen LogP contribution in [-0.2, 0) is 31.8 Å². The molecule has 0 aliphatic rings. The van der Waals surface area contributed by atoms with Crippen molar-refractivity contribution in [3.63, 3.8) is 0 Å². The molecular formula is C24H42O4S4. The minimum Gasteiger partial charge on any atom is -0.378 e. The summed E-state index contributed by atoms with van der Waals surface area (Å²) in [6, 6.07) is 8.93. The molecule has 0 N–H and O–H groups in total. The van der Waals surface area contributed by atoms with E-state index in [0.717, 1.165) is 49.1 Å². The summed E-state index contributed by atoms with van der Waals surface area (Å²) in [4.78, 5) is 0. The van der Waals surface area contributed by atoms with Crippen LogP contribution >= 0.6 is 48.8 Å². The Morgan fingerprint density at radius 3 is 1.34 bits per heavy atom. The monoisotopic (exact) mass is 522 g/mol. The van der Waals surface area contributed by atoms with Crippen molar-refractivity contribution in [2.24, 2.45) is 0 Å². The molecule has 8 heteroatoms. The topological polar surface area (TPSA) is 36.9 Å². The van der Waals surface area contributed by atoms with E-state index in [4.69, 9.17) is 18.9 Å². The highest BCUT2D eigenvalue weighted by molar-refractivity contribution is 7.99. The molecule has 0 saturated carbocycles. The maximum atomic E-state index is 5.58. The van der Waals surface area contributed by atoms with Crippen molar-refractivity contribution in [2.75, 3.05) is 87.4 Å². The molecule has 0 fully saturated rings. The van der Waals surface area contributed by atoms with Crippen LogP contribution in [0.25, 0.3) is 0 Å². The number of hydrogen-bond acceptors (Lipinski definition) is 8. The zero-order chi connectivity index (χ0) is 23.0. The molecular weight excluding hydrogens is 481 g/mol. The third-order valence-corrected chi connectivity index (χ3v) is 6.98. The molecule has 0 heterocycles. The highest BCUT2D eigenvalue weighted by Crippen LogP contribution is 2.16. The van der Waals surface area contributed by atoms with Gasteiger partial charge >= 0.3 is 0 Å². The molecule has 1 aromatic carbocycles. The van der Waals surface area contributed by atoms with E-state index in [2.05, 4.69) is 49.5 Å². The number of aryl methyl sites for hydroxylation is 2. The van der Waals surface area contributed by atoms with E-state index in [-0.39, 0.29) is 0 Å². The first kappa shape index (κ1) is 30.5. The summed E-state index contributed by atoms with van der Waals surface area (Å²) in [5.74, 6) is 6.01. The number of thiol groups is 2. The molecule has 1 rings (SSSR count). The molecule has 0 atom stereocenters. The zero-order valence-electron chi connectivity index (χ0n) is 19.4. The van der Waals surface area contributed by atoms with Gasteiger partial charge in [0.05, 0.1) is 52.9 Å². The molecule has 32 heavy (non-hydrogen) atoms. The second-order valence-electron chi connectivity index (χ2n) is 7.10. The molecule has 1 aromatic rings. The van der Waals surface area contributed by atoms with Gasteiger partial charge in [0, 0.05) is 23.0 Å². The molecule has 4 nitrogen and oxygen atoms in total. The van der Waals surface area contributed by atoms with E-state index in [9.17, 15) is 0 Å². The predicted molar refractivity (Wildman–Crippen MR) is 149 cm³/mol. The summed E-state index contributed by atoms with van der Waals surface area (Å²) in [5.41, 5.74) is 3.03. The predicted octanol–water partition coefficient (Wildman–Crippen LogP) is 4.94. The Balaban J connectivity index is 1.99. The lowest BCUT2D eigenvalue weighted by Crippen LogP contribution is -2.08. The fraction of sp³-hybridized carbons (Fsp3) is 0.750. The van der Waals surface area contributed by atoms with E-state index in [0.29, 0.717) is 39.6 Å². The van der Waals surface area contributed by atoms with Gasteiger partial charge in [0.1, 0.15) is 0 Å². The van der Waals surface area contributed by atoms with Gasteiger partial charge in [-0.15, -0.1) is 0 Å². The van der Waals surface area contributed by atoms with Crippen LogP contribution in [0.2, 0.25) is 0 Å². The van der Waals surface area contributed by atoms with Gasteiger partial charge in [0.25, 0.3) is 0 Å². The summed E-state index contributed by atoms with van der Waals surface area (Å²) in [7, 11) is 0. The Bertz CT molecular complexity index is 478. The number of benzene rings is 1. The summed E-state index contributed by atoms with van der Waals surface area (Å²) in [6.45, 7) is 5.70. The van der Waals surface area contributed by atoms with Crippen molar-refractivity contribution in [3.05, 3.63) is 35.4 Å². The molecule has 0 saturated heterocycles. The van der Waals surface area contributed by atoms with Gasteiger partial charge < -0.3 is 18.9 Å². The first-order chi connectivity index (χ1) is 15.9. The first-order valence-corrected chi connectivity index (χ1v) is 15.2. The average Bonchev–Trinajstić information content (AvgIpc) is 2.81. The van der Waals surface area contributed by atoms with E-state index < -0.39 is 0 Å². The van der Waals surface area contributed by atoms with Crippen LogP contribution in [0.1, 0.15) is 24.0 Å². The lowest BCUT2D eigenvalue weighted by molar-refractivity contribution is 0.0606. The lowest BCUT2D eigenvalue weighted by Gasteiger charge is -2.10. The van der Waals surface area contributed by atoms with Crippen LogP contribution in [-0.4, -0.2) is 87.4 Å². The molecule has 0 aromatic heterocycles. The number of ether oxygens (including phenoxy) is 4. The summed E-state index contributed by atoms with van der Waals surface area (Å²) < 4.78 is 21.8. The molecule has 0 spiro atoms. The fourth-order valence-corrected chi connectivity index (χ4v) is 4.82. The smallest absolute Gasteiger partial charge is 0.0700 e. The third-order valence-electron chi connectivity index (χ3n) is 4.55. The Labute approximate surface area is 215 Å². The van der Waals surface area contributed by atoms with E-state index in [1.54, 1.807) is 0 Å². The summed E-state index contributed by atoms with van der Waals surface area (Å²) in [5, 5.41) is 0. The molecule has 0 bridgehead atoms. The van der Waals surface area contributed by atoms with Gasteiger partial charge in [0.2, 0.25) is 0 Å². The van der Waals surface area contributed by atoms with Crippen LogP contribution in [0, 0.1) is 0 Å². The van der Waals surface area contributed by atoms with Crippen LogP contribution in [0.15, 0.2) is 24.3 Å². The largest absolute Gasteiger partial charge is 0.378 e. The first-order valence-electron chi connectivity index (χ1n) is 11.6. The number of thioether (sulfide) groups is 2. The van der Waals surface area contributed by atoms with Gasteiger partial charge in [-0.1, -0.05) is 24.3 Å². The van der Waals surface area contributed by atoms with Crippen molar-refractivity contribution in [3.8, 4) is 0 Å². The standard InChI is InChI=1S/C24H42O4S4/c29-17-13-25-9-11-27-15-21-31-19-3-7-23-5-1-2-6-24(23)8-4-20-32-22-16-28-12-10-26-14-18-30/h1-2,5-6,29-30H,3-4,7-22H2. The second kappa shape index (κ2) is 24.6. The van der Waals surface area contributed by atoms with Crippen LogP contribution < -0.4 is 0 Å². The van der Waals surface area contributed by atoms with Crippen LogP contribution in [0.3, 0.4) is 0 Å². The Kier molecular flexibility index (Phi) is 23.4. The minimum atomic E-state index is 0.667. The fourth-order valence-electron chi connectivity index (χ4n) is 2.99. The van der Waals surface area contributed by atoms with Crippen LogP contribution in [0.4, 0.5) is 0 Å². The van der Waals surface area contributed by atoms with Crippen molar-refractivity contribution >= 4 is 48.8 Å². The number of rotatable bonds is 24. The van der Waals surface area contributed by atoms with Crippen molar-refractivity contribution in [1.29, 1.82) is 0 Å². The van der Waals surface area contributed by atoms with Gasteiger partial charge in [0.15, 0.2) is 0 Å². The molecule has 0 amide bonds. The highest BCUT2D eigenvalue weighted by atomic mass is 32.2. The maximum Gasteiger partial charge on any atom is 0.0700 e. The van der Waals surface area contributed by atoms with Crippen molar-refractivity contribution in [1.82, 2.24) is 0 Å². The Morgan fingerprint density at radius 1 is 0.531 bits per heavy atom. The van der Waals surface area contributed by atoms with Crippen LogP contribution in [0.5, 0.6) is 0 Å². The second-order valence-corrected chi connectivity index (χ2v) is 10.4. The SMILES string of the molecule is SCCOCCOCCSCCCc1ccccc1CCCSCCOCCOCCS. The maximum absolute atomic E-state index is 5.58. The normalized spacial score (nSPS) is 11.3. The molecule has 0 aliphatic carbocycles. The van der Waals surface area contributed by atoms with Gasteiger partial charge in [-0.25, -0.2) is 0 Å². The van der Waals surface area contributed by atoms with E-state index >= 15 is 0 Å². The van der Waals surface area contributed by atoms with Crippen molar-refractivity contribution < 1.29 is 18.9 Å². The van der Waals surface area contributed by atoms with Gasteiger partial charge in [-0.3, -0.25) is 0 Å². The average molecular weight is 523 g/mol. The minimum absolute atomic E-state index is 0.667. The number of hydrogen-bond donors (Lipinski definition) is 2. The van der Waals surface area contributed by atoms with E-state index in [1.165, 1.54) is 35.5 Å².